The number of aryl methyl sites for hydroxylation is 1. The minimum atomic E-state index is -0.571. The number of amides is 3. The largest absolute Gasteiger partial charge is 0.389 e. The first-order valence-corrected chi connectivity index (χ1v) is 10.9. The summed E-state index contributed by atoms with van der Waals surface area (Å²) in [6, 6.07) is 11.2. The molecule has 1 aromatic heterocycles. The van der Waals surface area contributed by atoms with E-state index >= 15 is 0 Å². The van der Waals surface area contributed by atoms with Gasteiger partial charge in [-0.25, -0.2) is 14.4 Å². The van der Waals surface area contributed by atoms with E-state index in [2.05, 4.69) is 25.9 Å². The van der Waals surface area contributed by atoms with Crippen molar-refractivity contribution in [3.63, 3.8) is 0 Å². The second-order valence-electron chi connectivity index (χ2n) is 7.97. The zero-order valence-electron chi connectivity index (χ0n) is 18.2. The summed E-state index contributed by atoms with van der Waals surface area (Å²) in [5.41, 5.74) is 7.22. The fourth-order valence-electron chi connectivity index (χ4n) is 3.90. The molecule has 4 rings (SSSR count). The maximum atomic E-state index is 12.3. The van der Waals surface area contributed by atoms with E-state index in [4.69, 9.17) is 5.73 Å². The van der Waals surface area contributed by atoms with Crippen molar-refractivity contribution in [2.75, 3.05) is 13.3 Å². The average Bonchev–Trinajstić information content (AvgIpc) is 3.47. The lowest BCUT2D eigenvalue weighted by Gasteiger charge is -2.12. The number of aliphatic imine (C=N–C) groups is 2. The summed E-state index contributed by atoms with van der Waals surface area (Å²) < 4.78 is 3.91. The molecule has 1 aliphatic heterocycles. The van der Waals surface area contributed by atoms with Gasteiger partial charge in [-0.2, -0.15) is 4.99 Å². The van der Waals surface area contributed by atoms with E-state index in [0.717, 1.165) is 16.1 Å². The van der Waals surface area contributed by atoms with Crippen LogP contribution in [0.15, 0.2) is 52.6 Å². The molecule has 170 valence electrons. The Morgan fingerprint density at radius 3 is 2.82 bits per heavy atom. The predicted molar refractivity (Wildman–Crippen MR) is 127 cm³/mol. The van der Waals surface area contributed by atoms with Crippen LogP contribution in [-0.2, 0) is 17.9 Å². The summed E-state index contributed by atoms with van der Waals surface area (Å²) in [5.74, 6) is -0.571. The molecule has 9 nitrogen and oxygen atoms in total. The number of aliphatic hydroxyl groups excluding tert-OH is 1. The molecule has 0 bridgehead atoms. The topological polar surface area (TPSA) is 125 Å². The van der Waals surface area contributed by atoms with Crippen molar-refractivity contribution in [2.45, 2.75) is 32.0 Å². The van der Waals surface area contributed by atoms with Crippen molar-refractivity contribution < 1.29 is 19.3 Å². The lowest BCUT2D eigenvalue weighted by molar-refractivity contribution is -0.560. The number of aliphatic hydroxyl groups is 1. The van der Waals surface area contributed by atoms with Crippen molar-refractivity contribution in [3.05, 3.63) is 58.7 Å². The molecule has 33 heavy (non-hydrogen) atoms. The van der Waals surface area contributed by atoms with Crippen LogP contribution >= 0.6 is 0 Å². The molecule has 2 aromatic rings. The quantitative estimate of drug-likeness (QED) is 0.474. The standard InChI is InChI=1S/C24H26N6O3/c25-23(32)21-14-30(16-27-21)20(15-31)9-11-29-10-8-18-6-7-19(12-22(18)29)28-24(33)26-13-17-4-2-1-3-5-17/h1-6,8,10,12,14,20,31H,7,9,11,13,15-16H2,(H2-,25,26,32,33)/p+1/b28-19+/t20-/m0/s1. The number of carbonyl (C=O) groups excluding carboxylic acids is 2. The lowest BCUT2D eigenvalue weighted by Crippen LogP contribution is -2.36. The van der Waals surface area contributed by atoms with Crippen LogP contribution in [0.1, 0.15) is 18.4 Å². The number of nitrogens with two attached hydrogens (primary N) is 1. The van der Waals surface area contributed by atoms with Crippen LogP contribution in [0.2, 0.25) is 0 Å². The number of urea groups is 1. The van der Waals surface area contributed by atoms with Gasteiger partial charge < -0.3 is 20.7 Å². The summed E-state index contributed by atoms with van der Waals surface area (Å²) in [5, 5.41) is 14.7. The lowest BCUT2D eigenvalue weighted by atomic mass is 10.1. The molecule has 4 N–H and O–H groups in total. The molecule has 0 spiro atoms. The van der Waals surface area contributed by atoms with Gasteiger partial charge in [0.2, 0.25) is 6.67 Å². The van der Waals surface area contributed by atoms with Crippen molar-refractivity contribution in [1.82, 2.24) is 9.88 Å². The second kappa shape index (κ2) is 10.2. The first-order valence-electron chi connectivity index (χ1n) is 10.9. The molecule has 0 fully saturated rings. The first kappa shape index (κ1) is 22.3. The SMILES string of the molecule is NC(=O)C1=NC[N+]([C@H](CO)CCn2ccc3c2=C/C(=N/C(=O)NCc2ccccc2)CC=3)=C1. The maximum absolute atomic E-state index is 12.3. The molecule has 1 atom stereocenters. The number of hydrogen-bond acceptors (Lipinski definition) is 4. The van der Waals surface area contributed by atoms with Gasteiger partial charge in [0.05, 0.1) is 5.71 Å². The Bertz CT molecular complexity index is 1260. The van der Waals surface area contributed by atoms with Crippen molar-refractivity contribution in [1.29, 1.82) is 0 Å². The normalized spacial score (nSPS) is 16.8. The average molecular weight is 448 g/mol. The summed E-state index contributed by atoms with van der Waals surface area (Å²) >= 11 is 0. The molecular formula is C24H27N6O3+. The molecule has 3 amide bonds. The van der Waals surface area contributed by atoms with Crippen molar-refractivity contribution in [3.8, 4) is 0 Å². The molecule has 1 aliphatic carbocycles. The van der Waals surface area contributed by atoms with Crippen LogP contribution in [0, 0.1) is 0 Å². The Morgan fingerprint density at radius 2 is 2.09 bits per heavy atom. The third-order valence-corrected chi connectivity index (χ3v) is 5.73. The number of carbonyl (C=O) groups is 2. The third kappa shape index (κ3) is 5.50. The van der Waals surface area contributed by atoms with E-state index in [0.29, 0.717) is 38.3 Å². The Balaban J connectivity index is 1.42. The van der Waals surface area contributed by atoms with Crippen molar-refractivity contribution >= 4 is 41.7 Å². The second-order valence-corrected chi connectivity index (χ2v) is 7.97. The smallest absolute Gasteiger partial charge is 0.341 e. The fourth-order valence-corrected chi connectivity index (χ4v) is 3.90. The number of hydrogen-bond donors (Lipinski definition) is 3. The van der Waals surface area contributed by atoms with E-state index in [1.165, 1.54) is 0 Å². The molecule has 9 heteroatoms. The van der Waals surface area contributed by atoms with E-state index < -0.39 is 5.91 Å². The molecule has 2 aliphatic rings. The summed E-state index contributed by atoms with van der Waals surface area (Å²) in [4.78, 5) is 31.9. The van der Waals surface area contributed by atoms with Gasteiger partial charge in [-0.15, -0.1) is 0 Å². The highest BCUT2D eigenvalue weighted by atomic mass is 16.3. The predicted octanol–water partition coefficient (Wildman–Crippen LogP) is -0.465. The summed E-state index contributed by atoms with van der Waals surface area (Å²) in [6.45, 7) is 1.32. The van der Waals surface area contributed by atoms with Crippen LogP contribution in [0.5, 0.6) is 0 Å². The Kier molecular flexibility index (Phi) is 6.89. The van der Waals surface area contributed by atoms with E-state index in [-0.39, 0.29) is 24.4 Å². The van der Waals surface area contributed by atoms with Crippen molar-refractivity contribution in [2.24, 2.45) is 15.7 Å². The van der Waals surface area contributed by atoms with Crippen LogP contribution in [0.4, 0.5) is 4.79 Å². The van der Waals surface area contributed by atoms with Gasteiger partial charge in [-0.1, -0.05) is 36.4 Å². The molecule has 2 heterocycles. The number of nitrogens with zero attached hydrogens (tertiary/aromatic N) is 4. The Labute approximate surface area is 191 Å². The molecular weight excluding hydrogens is 420 g/mol. The van der Waals surface area contributed by atoms with E-state index in [1.807, 2.05) is 53.2 Å². The van der Waals surface area contributed by atoms with Gasteiger partial charge in [0.1, 0.15) is 6.61 Å². The van der Waals surface area contributed by atoms with E-state index in [1.54, 1.807) is 6.21 Å². The number of fused-ring (bicyclic) bond motifs is 1. The zero-order valence-corrected chi connectivity index (χ0v) is 18.2. The third-order valence-electron chi connectivity index (χ3n) is 5.73. The van der Waals surface area contributed by atoms with Gasteiger partial charge in [0.15, 0.2) is 18.0 Å². The number of aromatic nitrogens is 1. The van der Waals surface area contributed by atoms with Gasteiger partial charge >= 0.3 is 6.03 Å². The maximum Gasteiger partial charge on any atom is 0.341 e. The number of benzene rings is 1. The molecule has 0 radical (unpaired) electrons. The Hall–Kier alpha value is -3.85. The molecule has 0 saturated heterocycles. The Morgan fingerprint density at radius 1 is 1.27 bits per heavy atom. The van der Waals surface area contributed by atoms with Crippen LogP contribution in [-0.4, -0.2) is 63.1 Å². The number of primary amides is 1. The van der Waals surface area contributed by atoms with Crippen LogP contribution < -0.4 is 21.6 Å². The fraction of sp³-hybridized carbons (Fsp3) is 0.292. The van der Waals surface area contributed by atoms with Gasteiger partial charge in [-0.3, -0.25) is 4.79 Å². The highest BCUT2D eigenvalue weighted by Gasteiger charge is 2.26. The molecule has 0 unspecified atom stereocenters. The zero-order chi connectivity index (χ0) is 23.2. The van der Waals surface area contributed by atoms with Crippen LogP contribution in [0.3, 0.4) is 0 Å². The first-order chi connectivity index (χ1) is 16.0. The number of rotatable bonds is 8. The van der Waals surface area contributed by atoms with Crippen LogP contribution in [0.25, 0.3) is 12.2 Å². The van der Waals surface area contributed by atoms with Gasteiger partial charge in [0.25, 0.3) is 5.91 Å². The minimum absolute atomic E-state index is 0.0638. The summed E-state index contributed by atoms with van der Waals surface area (Å²) in [7, 11) is 0. The number of nitrogens with one attached hydrogen (secondary N) is 1. The summed E-state index contributed by atoms with van der Waals surface area (Å²) in [6.07, 6.45) is 8.82. The van der Waals surface area contributed by atoms with Gasteiger partial charge in [-0.05, 0) is 22.9 Å². The highest BCUT2D eigenvalue weighted by Crippen LogP contribution is 2.05. The highest BCUT2D eigenvalue weighted by molar-refractivity contribution is 6.59. The molecule has 0 saturated carbocycles. The molecule has 1 aromatic carbocycles. The van der Waals surface area contributed by atoms with Gasteiger partial charge in [0, 0.05) is 37.5 Å². The van der Waals surface area contributed by atoms with E-state index in [9.17, 15) is 14.7 Å². The minimum Gasteiger partial charge on any atom is -0.389 e. The monoisotopic (exact) mass is 447 g/mol.